The Bertz CT molecular complexity index is 171. The van der Waals surface area contributed by atoms with E-state index in [1.54, 1.807) is 0 Å². The van der Waals surface area contributed by atoms with Gasteiger partial charge >= 0.3 is 5.97 Å². The van der Waals surface area contributed by atoms with Crippen molar-refractivity contribution in [2.24, 2.45) is 5.41 Å². The zero-order valence-electron chi connectivity index (χ0n) is 8.39. The fourth-order valence-electron chi connectivity index (χ4n) is 1.09. The second kappa shape index (κ2) is 4.29. The molecule has 70 valence electrons. The zero-order valence-corrected chi connectivity index (χ0v) is 8.39. The Morgan fingerprint density at radius 1 is 1.67 bits per heavy atom. The van der Waals surface area contributed by atoms with Gasteiger partial charge in [-0.2, -0.15) is 0 Å². The minimum Gasteiger partial charge on any atom is -0.462 e. The zero-order chi connectivity index (χ0) is 9.78. The highest BCUT2D eigenvalue weighted by Crippen LogP contribution is 2.26. The molecule has 0 aliphatic heterocycles. The molecule has 0 amide bonds. The molecule has 0 aromatic carbocycles. The molecule has 12 heavy (non-hydrogen) atoms. The van der Waals surface area contributed by atoms with Crippen LogP contribution in [0.2, 0.25) is 0 Å². The normalized spacial score (nSPS) is 13.7. The third kappa shape index (κ3) is 3.07. The maximum Gasteiger partial charge on any atom is 0.302 e. The molecule has 0 aromatic heterocycles. The first-order valence-electron chi connectivity index (χ1n) is 4.24. The molecular formula is C10H18O2. The molecule has 2 nitrogen and oxygen atoms in total. The Morgan fingerprint density at radius 3 is 2.42 bits per heavy atom. The number of esters is 1. The Hall–Kier alpha value is -0.790. The lowest BCUT2D eigenvalue weighted by atomic mass is 9.85. The van der Waals surface area contributed by atoms with E-state index in [4.69, 9.17) is 4.74 Å². The standard InChI is InChI=1S/C10H18O2/c1-6-9(12-8(3)11)10(4,5)7-2/h7,9H,2,6H2,1,3-5H3/t9-/m1/s1. The Labute approximate surface area is 74.6 Å². The molecule has 1 atom stereocenters. The van der Waals surface area contributed by atoms with Gasteiger partial charge in [0, 0.05) is 12.3 Å². The Morgan fingerprint density at radius 2 is 2.17 bits per heavy atom. The van der Waals surface area contributed by atoms with E-state index in [0.29, 0.717) is 0 Å². The van der Waals surface area contributed by atoms with Gasteiger partial charge in [0.2, 0.25) is 0 Å². The van der Waals surface area contributed by atoms with Gasteiger partial charge in [-0.3, -0.25) is 4.79 Å². The third-order valence-electron chi connectivity index (χ3n) is 2.03. The summed E-state index contributed by atoms with van der Waals surface area (Å²) >= 11 is 0. The summed E-state index contributed by atoms with van der Waals surface area (Å²) in [6, 6.07) is 0. The van der Waals surface area contributed by atoms with Crippen molar-refractivity contribution in [3.05, 3.63) is 12.7 Å². The van der Waals surface area contributed by atoms with Gasteiger partial charge in [0.05, 0.1) is 0 Å². The lowest BCUT2D eigenvalue weighted by molar-refractivity contribution is -0.150. The van der Waals surface area contributed by atoms with Gasteiger partial charge < -0.3 is 4.74 Å². The number of carbonyl (C=O) groups is 1. The van der Waals surface area contributed by atoms with E-state index in [9.17, 15) is 4.79 Å². The van der Waals surface area contributed by atoms with E-state index in [2.05, 4.69) is 6.58 Å². The van der Waals surface area contributed by atoms with Crippen LogP contribution in [0.15, 0.2) is 12.7 Å². The number of ether oxygens (including phenoxy) is 1. The van der Waals surface area contributed by atoms with Crippen LogP contribution in [0, 0.1) is 5.41 Å². The van der Waals surface area contributed by atoms with Gasteiger partial charge in [0.15, 0.2) is 0 Å². The van der Waals surface area contributed by atoms with E-state index < -0.39 is 0 Å². The van der Waals surface area contributed by atoms with Crippen LogP contribution in [-0.2, 0) is 9.53 Å². The molecule has 0 aliphatic rings. The van der Waals surface area contributed by atoms with Crippen molar-refractivity contribution in [3.8, 4) is 0 Å². The maximum atomic E-state index is 10.7. The van der Waals surface area contributed by atoms with Gasteiger partial charge in [-0.25, -0.2) is 0 Å². The van der Waals surface area contributed by atoms with Crippen molar-refractivity contribution in [3.63, 3.8) is 0 Å². The average molecular weight is 170 g/mol. The summed E-state index contributed by atoms with van der Waals surface area (Å²) in [6.45, 7) is 11.2. The predicted octanol–water partition coefficient (Wildman–Crippen LogP) is 2.54. The summed E-state index contributed by atoms with van der Waals surface area (Å²) in [4.78, 5) is 10.7. The van der Waals surface area contributed by atoms with Crippen molar-refractivity contribution in [2.45, 2.75) is 40.2 Å². The molecule has 0 saturated carbocycles. The van der Waals surface area contributed by atoms with Gasteiger partial charge in [-0.1, -0.05) is 26.8 Å². The smallest absolute Gasteiger partial charge is 0.302 e. The highest BCUT2D eigenvalue weighted by Gasteiger charge is 2.27. The van der Waals surface area contributed by atoms with E-state index in [0.717, 1.165) is 6.42 Å². The molecule has 0 N–H and O–H groups in total. The van der Waals surface area contributed by atoms with E-state index >= 15 is 0 Å². The van der Waals surface area contributed by atoms with Gasteiger partial charge in [-0.05, 0) is 6.42 Å². The molecule has 0 spiro atoms. The summed E-state index contributed by atoms with van der Waals surface area (Å²) < 4.78 is 5.14. The van der Waals surface area contributed by atoms with Crippen LogP contribution in [0.3, 0.4) is 0 Å². The highest BCUT2D eigenvalue weighted by atomic mass is 16.5. The number of rotatable bonds is 4. The minimum absolute atomic E-state index is 0.0625. The molecule has 0 heterocycles. The molecule has 0 fully saturated rings. The van der Waals surface area contributed by atoms with Crippen LogP contribution < -0.4 is 0 Å². The fraction of sp³-hybridized carbons (Fsp3) is 0.700. The largest absolute Gasteiger partial charge is 0.462 e. The topological polar surface area (TPSA) is 26.3 Å². The molecule has 0 bridgehead atoms. The SMILES string of the molecule is C=CC(C)(C)[C@@H](CC)OC(C)=O. The molecule has 0 saturated heterocycles. The van der Waals surface area contributed by atoms with Crippen LogP contribution in [-0.4, -0.2) is 12.1 Å². The average Bonchev–Trinajstić information content (AvgIpc) is 1.99. The minimum atomic E-state index is -0.225. The summed E-state index contributed by atoms with van der Waals surface area (Å²) in [5.74, 6) is -0.225. The molecule has 0 unspecified atom stereocenters. The van der Waals surface area contributed by atoms with Crippen LogP contribution in [0.5, 0.6) is 0 Å². The van der Waals surface area contributed by atoms with E-state index in [-0.39, 0.29) is 17.5 Å². The van der Waals surface area contributed by atoms with Crippen molar-refractivity contribution in [1.29, 1.82) is 0 Å². The first-order chi connectivity index (χ1) is 5.44. The first-order valence-corrected chi connectivity index (χ1v) is 4.24. The molecule has 0 rings (SSSR count). The molecule has 0 radical (unpaired) electrons. The first kappa shape index (κ1) is 11.2. The van der Waals surface area contributed by atoms with Crippen LogP contribution >= 0.6 is 0 Å². The lowest BCUT2D eigenvalue weighted by Gasteiger charge is -2.29. The molecule has 0 aromatic rings. The molecular weight excluding hydrogens is 152 g/mol. The third-order valence-corrected chi connectivity index (χ3v) is 2.03. The van der Waals surface area contributed by atoms with Gasteiger partial charge in [0.25, 0.3) is 0 Å². The van der Waals surface area contributed by atoms with Crippen molar-refractivity contribution in [2.75, 3.05) is 0 Å². The monoisotopic (exact) mass is 170 g/mol. The van der Waals surface area contributed by atoms with E-state index in [1.807, 2.05) is 26.8 Å². The van der Waals surface area contributed by atoms with Gasteiger partial charge in [-0.15, -0.1) is 6.58 Å². The van der Waals surface area contributed by atoms with Crippen molar-refractivity contribution in [1.82, 2.24) is 0 Å². The Kier molecular flexibility index (Phi) is 4.01. The summed E-state index contributed by atoms with van der Waals surface area (Å²) in [5.41, 5.74) is -0.138. The lowest BCUT2D eigenvalue weighted by Crippen LogP contribution is -2.31. The predicted molar refractivity (Wildman–Crippen MR) is 49.8 cm³/mol. The van der Waals surface area contributed by atoms with Crippen LogP contribution in [0.4, 0.5) is 0 Å². The quantitative estimate of drug-likeness (QED) is 0.478. The Balaban J connectivity index is 4.33. The fourth-order valence-corrected chi connectivity index (χ4v) is 1.09. The number of carbonyl (C=O) groups excluding carboxylic acids is 1. The summed E-state index contributed by atoms with van der Waals surface area (Å²) in [7, 11) is 0. The second-order valence-electron chi connectivity index (χ2n) is 3.53. The second-order valence-corrected chi connectivity index (χ2v) is 3.53. The number of hydrogen-bond donors (Lipinski definition) is 0. The van der Waals surface area contributed by atoms with Crippen molar-refractivity contribution >= 4 is 5.97 Å². The summed E-state index contributed by atoms with van der Waals surface area (Å²) in [6.07, 6.45) is 2.58. The highest BCUT2D eigenvalue weighted by molar-refractivity contribution is 5.66. The van der Waals surface area contributed by atoms with Crippen molar-refractivity contribution < 1.29 is 9.53 Å². The molecule has 2 heteroatoms. The van der Waals surface area contributed by atoms with Crippen LogP contribution in [0.1, 0.15) is 34.1 Å². The number of hydrogen-bond acceptors (Lipinski definition) is 2. The molecule has 0 aliphatic carbocycles. The van der Waals surface area contributed by atoms with Crippen LogP contribution in [0.25, 0.3) is 0 Å². The maximum absolute atomic E-state index is 10.7. The summed E-state index contributed by atoms with van der Waals surface area (Å²) in [5, 5.41) is 0. The van der Waals surface area contributed by atoms with Gasteiger partial charge in [0.1, 0.15) is 6.10 Å². The van der Waals surface area contributed by atoms with E-state index in [1.165, 1.54) is 6.92 Å².